The number of alkyl halides is 6. The number of ether oxygens (including phenoxy) is 2. The highest BCUT2D eigenvalue weighted by Crippen LogP contribution is 2.32. The SMILES string of the molecule is C[C@H](CCOc1ccc(C(F)(F)F)cc1)C[C@H](CN)CC(=O)O.C[C@H](CCOc1cccc(C(F)(F)F)c1)C[C@H](CN)CC(=O)O. The van der Waals surface area contributed by atoms with Crippen LogP contribution < -0.4 is 20.9 Å². The number of nitrogens with two attached hydrogens (primary N) is 2. The van der Waals surface area contributed by atoms with E-state index in [1.165, 1.54) is 24.3 Å². The summed E-state index contributed by atoms with van der Waals surface area (Å²) in [5.41, 5.74) is 9.64. The van der Waals surface area contributed by atoms with E-state index >= 15 is 0 Å². The van der Waals surface area contributed by atoms with E-state index in [2.05, 4.69) is 0 Å². The van der Waals surface area contributed by atoms with Crippen molar-refractivity contribution in [2.24, 2.45) is 35.1 Å². The van der Waals surface area contributed by atoms with Gasteiger partial charge in [-0.2, -0.15) is 26.3 Å². The van der Waals surface area contributed by atoms with Gasteiger partial charge in [-0.15, -0.1) is 0 Å². The summed E-state index contributed by atoms with van der Waals surface area (Å²) >= 11 is 0. The Kier molecular flexibility index (Phi) is 17.5. The normalized spacial score (nSPS) is 14.3. The van der Waals surface area contributed by atoms with Crippen molar-refractivity contribution in [1.82, 2.24) is 0 Å². The van der Waals surface area contributed by atoms with E-state index in [0.717, 1.165) is 24.3 Å². The molecular formula is C32H44F6N2O6. The van der Waals surface area contributed by atoms with Crippen molar-refractivity contribution in [3.05, 3.63) is 59.7 Å². The van der Waals surface area contributed by atoms with Crippen LogP contribution >= 0.6 is 0 Å². The van der Waals surface area contributed by atoms with Crippen molar-refractivity contribution in [2.75, 3.05) is 26.3 Å². The third-order valence-electron chi connectivity index (χ3n) is 7.17. The molecule has 8 nitrogen and oxygen atoms in total. The third kappa shape index (κ3) is 17.2. The first-order valence-corrected chi connectivity index (χ1v) is 14.9. The molecule has 2 aromatic carbocycles. The van der Waals surface area contributed by atoms with Crippen LogP contribution in [0.3, 0.4) is 0 Å². The number of carboxylic acid groups (broad SMARTS) is 2. The number of hydrogen-bond donors (Lipinski definition) is 4. The van der Waals surface area contributed by atoms with E-state index in [9.17, 15) is 35.9 Å². The van der Waals surface area contributed by atoms with Gasteiger partial charge in [0.15, 0.2) is 0 Å². The lowest BCUT2D eigenvalue weighted by Crippen LogP contribution is -2.21. The molecule has 14 heteroatoms. The maximum atomic E-state index is 12.6. The standard InChI is InChI=1S/2C16H22F3NO3/c1-11(8-12(10-20)9-15(21)22)6-7-23-14-4-2-13(3-5-14)16(17,18)19;1-11(7-12(10-20)8-15(21)22)5-6-23-14-4-2-3-13(9-14)16(17,18)19/h2-5,11-12H,6-10,20H2,1H3,(H,21,22);2-4,9,11-12H,5-8,10,20H2,1H3,(H,21,22)/t2*11-,12+/m11/s1. The molecule has 0 amide bonds. The maximum Gasteiger partial charge on any atom is 0.416 e. The van der Waals surface area contributed by atoms with Crippen LogP contribution in [0.1, 0.15) is 63.5 Å². The topological polar surface area (TPSA) is 145 Å². The lowest BCUT2D eigenvalue weighted by Gasteiger charge is -2.18. The zero-order valence-electron chi connectivity index (χ0n) is 25.9. The fourth-order valence-corrected chi connectivity index (χ4v) is 4.65. The van der Waals surface area contributed by atoms with E-state index in [4.69, 9.17) is 31.2 Å². The van der Waals surface area contributed by atoms with Crippen LogP contribution in [0.2, 0.25) is 0 Å². The number of rotatable bonds is 18. The molecule has 0 aromatic heterocycles. The lowest BCUT2D eigenvalue weighted by atomic mass is 9.91. The van der Waals surface area contributed by atoms with Crippen LogP contribution in [-0.2, 0) is 21.9 Å². The van der Waals surface area contributed by atoms with Crippen molar-refractivity contribution in [3.8, 4) is 11.5 Å². The quantitative estimate of drug-likeness (QED) is 0.123. The second kappa shape index (κ2) is 19.9. The summed E-state index contributed by atoms with van der Waals surface area (Å²) in [6, 6.07) is 9.30. The van der Waals surface area contributed by atoms with Gasteiger partial charge in [-0.1, -0.05) is 19.9 Å². The third-order valence-corrected chi connectivity index (χ3v) is 7.17. The first-order valence-electron chi connectivity index (χ1n) is 14.9. The molecule has 0 heterocycles. The molecule has 4 atom stereocenters. The summed E-state index contributed by atoms with van der Waals surface area (Å²) in [7, 11) is 0. The molecule has 0 saturated heterocycles. The second-order valence-electron chi connectivity index (χ2n) is 11.4. The Bertz CT molecular complexity index is 1180. The van der Waals surface area contributed by atoms with Crippen LogP contribution in [0.15, 0.2) is 48.5 Å². The highest BCUT2D eigenvalue weighted by Gasteiger charge is 2.31. The zero-order chi connectivity index (χ0) is 34.9. The summed E-state index contributed by atoms with van der Waals surface area (Å²) in [5, 5.41) is 17.5. The molecule has 46 heavy (non-hydrogen) atoms. The molecule has 0 bridgehead atoms. The molecule has 6 N–H and O–H groups in total. The Morgan fingerprint density at radius 2 is 1.13 bits per heavy atom. The van der Waals surface area contributed by atoms with Gasteiger partial charge in [0, 0.05) is 12.8 Å². The average molecular weight is 667 g/mol. The Morgan fingerprint density at radius 1 is 0.696 bits per heavy atom. The maximum absolute atomic E-state index is 12.6. The Morgan fingerprint density at radius 3 is 1.52 bits per heavy atom. The second-order valence-corrected chi connectivity index (χ2v) is 11.4. The first kappa shape index (κ1) is 40.5. The van der Waals surface area contributed by atoms with E-state index in [1.807, 2.05) is 13.8 Å². The predicted molar refractivity (Wildman–Crippen MR) is 160 cm³/mol. The average Bonchev–Trinajstić information content (AvgIpc) is 2.96. The summed E-state index contributed by atoms with van der Waals surface area (Å²) in [6.07, 6.45) is -6.06. The Balaban J connectivity index is 0.000000460. The smallest absolute Gasteiger partial charge is 0.416 e. The predicted octanol–water partition coefficient (Wildman–Crippen LogP) is 7.10. The minimum Gasteiger partial charge on any atom is -0.494 e. The number of hydrogen-bond acceptors (Lipinski definition) is 6. The molecule has 2 aromatic rings. The monoisotopic (exact) mass is 666 g/mol. The largest absolute Gasteiger partial charge is 0.494 e. The van der Waals surface area contributed by atoms with Gasteiger partial charge < -0.3 is 31.2 Å². The summed E-state index contributed by atoms with van der Waals surface area (Å²) in [5.74, 6) is -0.976. The van der Waals surface area contributed by atoms with Crippen molar-refractivity contribution in [3.63, 3.8) is 0 Å². The molecule has 0 aliphatic carbocycles. The molecule has 2 rings (SSSR count). The van der Waals surface area contributed by atoms with Crippen molar-refractivity contribution < 1.29 is 55.6 Å². The Hall–Kier alpha value is -3.52. The van der Waals surface area contributed by atoms with E-state index < -0.39 is 35.4 Å². The molecule has 0 radical (unpaired) electrons. The van der Waals surface area contributed by atoms with Crippen LogP contribution in [-0.4, -0.2) is 48.5 Å². The van der Waals surface area contributed by atoms with Crippen molar-refractivity contribution in [2.45, 2.75) is 64.7 Å². The molecule has 0 aliphatic heterocycles. The lowest BCUT2D eigenvalue weighted by molar-refractivity contribution is -0.139. The van der Waals surface area contributed by atoms with Gasteiger partial charge in [-0.25, -0.2) is 0 Å². The van der Waals surface area contributed by atoms with Crippen molar-refractivity contribution in [1.29, 1.82) is 0 Å². The summed E-state index contributed by atoms with van der Waals surface area (Å²) in [4.78, 5) is 21.4. The van der Waals surface area contributed by atoms with Crippen molar-refractivity contribution >= 4 is 11.9 Å². The molecule has 0 saturated carbocycles. The van der Waals surface area contributed by atoms with E-state index in [0.29, 0.717) is 51.1 Å². The summed E-state index contributed by atoms with van der Waals surface area (Å²) < 4.78 is 85.8. The van der Waals surface area contributed by atoms with Crippen LogP contribution in [0.25, 0.3) is 0 Å². The van der Waals surface area contributed by atoms with Crippen LogP contribution in [0.4, 0.5) is 26.3 Å². The minimum atomic E-state index is -4.39. The fourth-order valence-electron chi connectivity index (χ4n) is 4.65. The van der Waals surface area contributed by atoms with E-state index in [1.54, 1.807) is 0 Å². The molecule has 0 aliphatic rings. The highest BCUT2D eigenvalue weighted by atomic mass is 19.4. The molecule has 260 valence electrons. The van der Waals surface area contributed by atoms with Gasteiger partial charge in [0.2, 0.25) is 0 Å². The fraction of sp³-hybridized carbons (Fsp3) is 0.562. The molecule has 0 fully saturated rings. The highest BCUT2D eigenvalue weighted by molar-refractivity contribution is 5.67. The molecule has 0 spiro atoms. The number of aliphatic carboxylic acids is 2. The minimum absolute atomic E-state index is 0.0231. The Labute approximate surface area is 265 Å². The van der Waals surface area contributed by atoms with Crippen LogP contribution in [0.5, 0.6) is 11.5 Å². The van der Waals surface area contributed by atoms with E-state index in [-0.39, 0.29) is 48.9 Å². The van der Waals surface area contributed by atoms with Gasteiger partial charge in [0.25, 0.3) is 0 Å². The first-order chi connectivity index (χ1) is 21.4. The number of benzene rings is 2. The zero-order valence-corrected chi connectivity index (χ0v) is 25.9. The van der Waals surface area contributed by atoms with Crippen LogP contribution in [0, 0.1) is 23.7 Å². The van der Waals surface area contributed by atoms with Gasteiger partial charge >= 0.3 is 24.3 Å². The number of halogens is 6. The molecule has 0 unspecified atom stereocenters. The molecular weight excluding hydrogens is 622 g/mol. The van der Waals surface area contributed by atoms with Gasteiger partial charge in [-0.3, -0.25) is 9.59 Å². The van der Waals surface area contributed by atoms with Gasteiger partial charge in [0.1, 0.15) is 11.5 Å². The van der Waals surface area contributed by atoms with Gasteiger partial charge in [0.05, 0.1) is 24.3 Å². The number of carboxylic acids is 2. The summed E-state index contributed by atoms with van der Waals surface area (Å²) in [6.45, 7) is 5.16. The van der Waals surface area contributed by atoms with Gasteiger partial charge in [-0.05, 0) is 105 Å². The number of carbonyl (C=O) groups is 2.